The van der Waals surface area contributed by atoms with Crippen LogP contribution in [-0.2, 0) is 4.79 Å². The molecule has 0 fully saturated rings. The first-order valence-corrected chi connectivity index (χ1v) is 5.90. The molecular formula is C14H12N4O. The molecule has 0 aliphatic rings. The molecule has 0 atom stereocenters. The molecule has 5 nitrogen and oxygen atoms in total. The Kier molecular flexibility index (Phi) is 2.72. The number of nitrogens with zero attached hydrogens (tertiary/aromatic N) is 2. The molecule has 0 aliphatic heterocycles. The Bertz CT molecular complexity index is 748. The Labute approximate surface area is 109 Å². The van der Waals surface area contributed by atoms with E-state index in [9.17, 15) is 4.79 Å². The van der Waals surface area contributed by atoms with E-state index >= 15 is 0 Å². The number of fused-ring (bicyclic) bond motifs is 1. The van der Waals surface area contributed by atoms with Crippen LogP contribution in [0.3, 0.4) is 0 Å². The molecule has 0 unspecified atom stereocenters. The fourth-order valence-electron chi connectivity index (χ4n) is 1.96. The zero-order chi connectivity index (χ0) is 13.2. The van der Waals surface area contributed by atoms with Gasteiger partial charge < -0.3 is 5.32 Å². The molecule has 3 rings (SSSR count). The molecule has 0 saturated carbocycles. The topological polar surface area (TPSA) is 70.7 Å². The van der Waals surface area contributed by atoms with Gasteiger partial charge in [0.2, 0.25) is 5.91 Å². The molecular weight excluding hydrogens is 240 g/mol. The monoisotopic (exact) mass is 252 g/mol. The van der Waals surface area contributed by atoms with E-state index in [1.807, 2.05) is 30.3 Å². The molecule has 3 aromatic rings. The Balaban J connectivity index is 1.99. The van der Waals surface area contributed by atoms with E-state index in [0.29, 0.717) is 5.82 Å². The minimum atomic E-state index is -0.138. The molecule has 19 heavy (non-hydrogen) atoms. The molecule has 0 spiro atoms. The van der Waals surface area contributed by atoms with Gasteiger partial charge in [-0.05, 0) is 18.2 Å². The molecule has 0 radical (unpaired) electrons. The number of hydrogen-bond acceptors (Lipinski definition) is 3. The number of H-pyrrole nitrogens is 1. The van der Waals surface area contributed by atoms with Crippen molar-refractivity contribution in [2.45, 2.75) is 6.92 Å². The molecule has 0 aliphatic carbocycles. The van der Waals surface area contributed by atoms with Crippen LogP contribution in [0.2, 0.25) is 0 Å². The highest BCUT2D eigenvalue weighted by molar-refractivity contribution is 5.89. The molecule has 2 heterocycles. The fourth-order valence-corrected chi connectivity index (χ4v) is 1.96. The van der Waals surface area contributed by atoms with Crippen LogP contribution in [0, 0.1) is 0 Å². The van der Waals surface area contributed by atoms with Gasteiger partial charge in [0, 0.05) is 30.1 Å². The summed E-state index contributed by atoms with van der Waals surface area (Å²) >= 11 is 0. The number of nitrogens with one attached hydrogen (secondary N) is 2. The molecule has 1 amide bonds. The number of hydrogen-bond donors (Lipinski definition) is 2. The molecule has 2 aromatic heterocycles. The van der Waals surface area contributed by atoms with Crippen molar-refractivity contribution in [2.75, 3.05) is 5.32 Å². The second-order valence-electron chi connectivity index (χ2n) is 4.26. The first-order valence-electron chi connectivity index (χ1n) is 5.90. The lowest BCUT2D eigenvalue weighted by Gasteiger charge is -2.00. The zero-order valence-electron chi connectivity index (χ0n) is 10.3. The van der Waals surface area contributed by atoms with E-state index in [0.717, 1.165) is 22.2 Å². The Morgan fingerprint density at radius 3 is 3.00 bits per heavy atom. The van der Waals surface area contributed by atoms with Gasteiger partial charge in [-0.2, -0.15) is 5.10 Å². The van der Waals surface area contributed by atoms with Crippen molar-refractivity contribution in [1.29, 1.82) is 0 Å². The first kappa shape index (κ1) is 11.4. The number of rotatable bonds is 2. The van der Waals surface area contributed by atoms with E-state index in [2.05, 4.69) is 20.5 Å². The van der Waals surface area contributed by atoms with Crippen LogP contribution in [0.5, 0.6) is 0 Å². The Hall–Kier alpha value is -2.69. The molecule has 1 aromatic carbocycles. The van der Waals surface area contributed by atoms with E-state index in [1.165, 1.54) is 6.92 Å². The second kappa shape index (κ2) is 4.53. The van der Waals surface area contributed by atoms with E-state index in [1.54, 1.807) is 12.3 Å². The summed E-state index contributed by atoms with van der Waals surface area (Å²) in [5.41, 5.74) is 2.81. The van der Waals surface area contributed by atoms with Crippen molar-refractivity contribution in [3.8, 4) is 11.3 Å². The van der Waals surface area contributed by atoms with Crippen LogP contribution in [0.15, 0.2) is 42.6 Å². The number of carbonyl (C=O) groups is 1. The fraction of sp³-hybridized carbons (Fsp3) is 0.0714. The molecule has 0 saturated heterocycles. The van der Waals surface area contributed by atoms with Crippen molar-refractivity contribution in [1.82, 2.24) is 15.2 Å². The summed E-state index contributed by atoms with van der Waals surface area (Å²) in [5.74, 6) is 0.384. The van der Waals surface area contributed by atoms with Crippen molar-refractivity contribution >= 4 is 22.6 Å². The third kappa shape index (κ3) is 2.30. The number of aromatic nitrogens is 3. The lowest BCUT2D eigenvalue weighted by Crippen LogP contribution is -2.05. The average Bonchev–Trinajstić information content (AvgIpc) is 2.86. The number of carbonyl (C=O) groups excluding carboxylic acids is 1. The summed E-state index contributed by atoms with van der Waals surface area (Å²) in [7, 11) is 0. The third-order valence-corrected chi connectivity index (χ3v) is 2.80. The molecule has 5 heteroatoms. The van der Waals surface area contributed by atoms with Crippen LogP contribution in [0.1, 0.15) is 6.92 Å². The first-order chi connectivity index (χ1) is 9.22. The number of anilines is 1. The van der Waals surface area contributed by atoms with Crippen molar-refractivity contribution in [3.63, 3.8) is 0 Å². The van der Waals surface area contributed by atoms with Gasteiger partial charge in [-0.3, -0.25) is 14.9 Å². The van der Waals surface area contributed by atoms with Crippen LogP contribution >= 0.6 is 0 Å². The van der Waals surface area contributed by atoms with Gasteiger partial charge in [0.25, 0.3) is 0 Å². The molecule has 0 bridgehead atoms. The van der Waals surface area contributed by atoms with E-state index < -0.39 is 0 Å². The van der Waals surface area contributed by atoms with Crippen LogP contribution < -0.4 is 5.32 Å². The number of amides is 1. The van der Waals surface area contributed by atoms with Crippen molar-refractivity contribution in [3.05, 3.63) is 42.6 Å². The smallest absolute Gasteiger partial charge is 0.222 e. The van der Waals surface area contributed by atoms with Crippen LogP contribution in [-0.4, -0.2) is 21.1 Å². The highest BCUT2D eigenvalue weighted by Crippen LogP contribution is 2.23. The summed E-state index contributed by atoms with van der Waals surface area (Å²) in [6.45, 7) is 1.45. The minimum absolute atomic E-state index is 0.138. The maximum atomic E-state index is 11.0. The predicted octanol–water partition coefficient (Wildman–Crippen LogP) is 2.58. The van der Waals surface area contributed by atoms with Gasteiger partial charge >= 0.3 is 0 Å². The molecule has 94 valence electrons. The normalized spacial score (nSPS) is 10.6. The summed E-state index contributed by atoms with van der Waals surface area (Å²) in [6, 6.07) is 11.7. The van der Waals surface area contributed by atoms with E-state index in [4.69, 9.17) is 0 Å². The highest BCUT2D eigenvalue weighted by atomic mass is 16.1. The highest BCUT2D eigenvalue weighted by Gasteiger charge is 2.05. The Morgan fingerprint density at radius 2 is 2.16 bits per heavy atom. The average molecular weight is 252 g/mol. The summed E-state index contributed by atoms with van der Waals surface area (Å²) in [6.07, 6.45) is 1.77. The quantitative estimate of drug-likeness (QED) is 0.736. The number of aromatic amines is 1. The number of benzene rings is 1. The lowest BCUT2D eigenvalue weighted by molar-refractivity contribution is -0.114. The zero-order valence-corrected chi connectivity index (χ0v) is 10.3. The van der Waals surface area contributed by atoms with Gasteiger partial charge in [0.15, 0.2) is 5.82 Å². The minimum Gasteiger partial charge on any atom is -0.309 e. The maximum absolute atomic E-state index is 11.0. The van der Waals surface area contributed by atoms with E-state index in [-0.39, 0.29) is 5.91 Å². The van der Waals surface area contributed by atoms with Crippen LogP contribution in [0.4, 0.5) is 5.82 Å². The summed E-state index contributed by atoms with van der Waals surface area (Å²) in [4.78, 5) is 15.2. The van der Waals surface area contributed by atoms with Gasteiger partial charge in [-0.15, -0.1) is 0 Å². The summed E-state index contributed by atoms with van der Waals surface area (Å²) < 4.78 is 0. The second-order valence-corrected chi connectivity index (χ2v) is 4.26. The predicted molar refractivity (Wildman–Crippen MR) is 73.6 cm³/mol. The maximum Gasteiger partial charge on any atom is 0.222 e. The van der Waals surface area contributed by atoms with Crippen molar-refractivity contribution in [2.24, 2.45) is 0 Å². The van der Waals surface area contributed by atoms with Gasteiger partial charge in [0.1, 0.15) is 0 Å². The standard InChI is InChI=1S/C14H12N4O/c1-9(19)16-14-8-13(17-18-14)11-4-5-12-10(7-11)3-2-6-15-12/h2-8H,1H3,(H2,16,17,18,19). The van der Waals surface area contributed by atoms with Gasteiger partial charge in [-0.25, -0.2) is 0 Å². The van der Waals surface area contributed by atoms with Gasteiger partial charge in [-0.1, -0.05) is 12.1 Å². The number of pyridine rings is 1. The Morgan fingerprint density at radius 1 is 1.26 bits per heavy atom. The van der Waals surface area contributed by atoms with Crippen molar-refractivity contribution < 1.29 is 4.79 Å². The summed E-state index contributed by atoms with van der Waals surface area (Å²) in [5, 5.41) is 10.7. The largest absolute Gasteiger partial charge is 0.309 e. The molecule has 2 N–H and O–H groups in total. The van der Waals surface area contributed by atoms with Crippen LogP contribution in [0.25, 0.3) is 22.2 Å². The SMILES string of the molecule is CC(=O)Nc1cc(-c2ccc3ncccc3c2)[nH]n1. The lowest BCUT2D eigenvalue weighted by atomic mass is 10.1. The van der Waals surface area contributed by atoms with Gasteiger partial charge in [0.05, 0.1) is 11.2 Å². The third-order valence-electron chi connectivity index (χ3n) is 2.80.